The standard InChI is InChI=1S/C10H12BrNO2S/c11-9-4-3-8(15-9)10(14)12-5-1-2-7(13)6-12/h3-4,7,13H,1-2,5-6H2. The number of amides is 1. The number of nitrogens with zero attached hydrogens (tertiary/aromatic N) is 1. The summed E-state index contributed by atoms with van der Waals surface area (Å²) in [5.41, 5.74) is 0. The third kappa shape index (κ3) is 2.59. The number of β-amino-alcohol motifs (C(OH)–C–C–N with tert-alkyl or cyclic N) is 1. The van der Waals surface area contributed by atoms with E-state index in [9.17, 15) is 9.90 Å². The third-order valence-electron chi connectivity index (χ3n) is 2.47. The van der Waals surface area contributed by atoms with Crippen molar-refractivity contribution >= 4 is 33.2 Å². The van der Waals surface area contributed by atoms with Crippen LogP contribution in [0.15, 0.2) is 15.9 Å². The first-order valence-corrected chi connectivity index (χ1v) is 6.50. The summed E-state index contributed by atoms with van der Waals surface area (Å²) in [6, 6.07) is 3.69. The van der Waals surface area contributed by atoms with E-state index in [1.165, 1.54) is 11.3 Å². The lowest BCUT2D eigenvalue weighted by Crippen LogP contribution is -2.41. The zero-order valence-electron chi connectivity index (χ0n) is 8.15. The number of carbonyl (C=O) groups is 1. The molecule has 1 aromatic rings. The fourth-order valence-electron chi connectivity index (χ4n) is 1.72. The van der Waals surface area contributed by atoms with E-state index >= 15 is 0 Å². The largest absolute Gasteiger partial charge is 0.391 e. The molecule has 5 heteroatoms. The number of aliphatic hydroxyl groups is 1. The van der Waals surface area contributed by atoms with Crippen molar-refractivity contribution in [3.05, 3.63) is 20.8 Å². The first-order valence-electron chi connectivity index (χ1n) is 4.89. The zero-order valence-corrected chi connectivity index (χ0v) is 10.6. The predicted octanol–water partition coefficient (Wildman–Crippen LogP) is 2.11. The highest BCUT2D eigenvalue weighted by Crippen LogP contribution is 2.24. The highest BCUT2D eigenvalue weighted by molar-refractivity contribution is 9.11. The van der Waals surface area contributed by atoms with Gasteiger partial charge in [0.2, 0.25) is 0 Å². The number of likely N-dealkylation sites (tertiary alicyclic amines) is 1. The minimum Gasteiger partial charge on any atom is -0.391 e. The molecule has 1 saturated heterocycles. The van der Waals surface area contributed by atoms with Gasteiger partial charge in [-0.1, -0.05) is 0 Å². The molecule has 1 fully saturated rings. The Morgan fingerprint density at radius 3 is 3.00 bits per heavy atom. The molecule has 1 N–H and O–H groups in total. The van der Waals surface area contributed by atoms with E-state index in [4.69, 9.17) is 0 Å². The second kappa shape index (κ2) is 4.63. The van der Waals surface area contributed by atoms with Gasteiger partial charge < -0.3 is 10.0 Å². The number of aliphatic hydroxyl groups excluding tert-OH is 1. The fourth-order valence-corrected chi connectivity index (χ4v) is 3.08. The average Bonchev–Trinajstić information content (AvgIpc) is 2.64. The van der Waals surface area contributed by atoms with E-state index < -0.39 is 0 Å². The summed E-state index contributed by atoms with van der Waals surface area (Å²) in [7, 11) is 0. The number of piperidine rings is 1. The van der Waals surface area contributed by atoms with Crippen LogP contribution in [0.3, 0.4) is 0 Å². The van der Waals surface area contributed by atoms with Crippen LogP contribution in [-0.2, 0) is 0 Å². The van der Waals surface area contributed by atoms with Crippen LogP contribution >= 0.6 is 27.3 Å². The molecule has 2 rings (SSSR count). The van der Waals surface area contributed by atoms with Crippen molar-refractivity contribution in [3.63, 3.8) is 0 Å². The summed E-state index contributed by atoms with van der Waals surface area (Å²) in [6.45, 7) is 1.22. The molecule has 1 aromatic heterocycles. The minimum atomic E-state index is -0.355. The first-order chi connectivity index (χ1) is 7.16. The molecule has 0 aromatic carbocycles. The summed E-state index contributed by atoms with van der Waals surface area (Å²) in [5, 5.41) is 9.48. The molecule has 0 radical (unpaired) electrons. The van der Waals surface area contributed by atoms with Gasteiger partial charge in [-0.2, -0.15) is 0 Å². The maximum atomic E-state index is 12.0. The molecule has 0 spiro atoms. The van der Waals surface area contributed by atoms with Crippen LogP contribution < -0.4 is 0 Å². The van der Waals surface area contributed by atoms with Gasteiger partial charge in [0.05, 0.1) is 14.8 Å². The Morgan fingerprint density at radius 1 is 1.60 bits per heavy atom. The third-order valence-corrected chi connectivity index (χ3v) is 4.08. The maximum Gasteiger partial charge on any atom is 0.264 e. The van der Waals surface area contributed by atoms with Gasteiger partial charge in [-0.3, -0.25) is 4.79 Å². The van der Waals surface area contributed by atoms with Crippen LogP contribution in [0.4, 0.5) is 0 Å². The monoisotopic (exact) mass is 289 g/mol. The van der Waals surface area contributed by atoms with E-state index in [2.05, 4.69) is 15.9 Å². The van der Waals surface area contributed by atoms with E-state index in [1.54, 1.807) is 4.90 Å². The van der Waals surface area contributed by atoms with Crippen molar-refractivity contribution in [2.24, 2.45) is 0 Å². The molecule has 1 atom stereocenters. The summed E-state index contributed by atoms with van der Waals surface area (Å²) in [4.78, 5) is 14.4. The lowest BCUT2D eigenvalue weighted by Gasteiger charge is -2.29. The first kappa shape index (κ1) is 11.1. The molecule has 2 heterocycles. The second-order valence-electron chi connectivity index (χ2n) is 3.65. The smallest absolute Gasteiger partial charge is 0.264 e. The van der Waals surface area contributed by atoms with Gasteiger partial charge in [0.1, 0.15) is 0 Å². The quantitative estimate of drug-likeness (QED) is 0.860. The number of rotatable bonds is 1. The lowest BCUT2D eigenvalue weighted by molar-refractivity contribution is 0.0478. The van der Waals surface area contributed by atoms with Gasteiger partial charge in [0.25, 0.3) is 5.91 Å². The Hall–Kier alpha value is -0.390. The second-order valence-corrected chi connectivity index (χ2v) is 6.11. The number of carbonyl (C=O) groups excluding carboxylic acids is 1. The highest BCUT2D eigenvalue weighted by atomic mass is 79.9. The summed E-state index contributed by atoms with van der Waals surface area (Å²) in [6.07, 6.45) is 1.34. The molecule has 1 aliphatic heterocycles. The summed E-state index contributed by atoms with van der Waals surface area (Å²) < 4.78 is 0.961. The molecular formula is C10H12BrNO2S. The van der Waals surface area contributed by atoms with E-state index in [0.717, 1.165) is 28.0 Å². The SMILES string of the molecule is O=C(c1ccc(Br)s1)N1CCCC(O)C1. The Kier molecular flexibility index (Phi) is 3.43. The minimum absolute atomic E-state index is 0.0319. The van der Waals surface area contributed by atoms with Crippen molar-refractivity contribution in [1.82, 2.24) is 4.90 Å². The molecular weight excluding hydrogens is 278 g/mol. The molecule has 0 saturated carbocycles. The molecule has 0 bridgehead atoms. The van der Waals surface area contributed by atoms with Crippen molar-refractivity contribution in [2.75, 3.05) is 13.1 Å². The van der Waals surface area contributed by atoms with Gasteiger partial charge >= 0.3 is 0 Å². The summed E-state index contributed by atoms with van der Waals surface area (Å²) >= 11 is 4.77. The van der Waals surface area contributed by atoms with Crippen molar-refractivity contribution < 1.29 is 9.90 Å². The van der Waals surface area contributed by atoms with Gasteiger partial charge in [0.15, 0.2) is 0 Å². The zero-order chi connectivity index (χ0) is 10.8. The van der Waals surface area contributed by atoms with Crippen LogP contribution in [-0.4, -0.2) is 35.1 Å². The normalized spacial score (nSPS) is 21.7. The number of hydrogen-bond donors (Lipinski definition) is 1. The number of thiophene rings is 1. The Morgan fingerprint density at radius 2 is 2.40 bits per heavy atom. The molecule has 1 amide bonds. The van der Waals surface area contributed by atoms with Crippen molar-refractivity contribution in [3.8, 4) is 0 Å². The van der Waals surface area contributed by atoms with E-state index in [0.29, 0.717) is 6.54 Å². The fraction of sp³-hybridized carbons (Fsp3) is 0.500. The number of hydrogen-bond acceptors (Lipinski definition) is 3. The Balaban J connectivity index is 2.07. The molecule has 15 heavy (non-hydrogen) atoms. The van der Waals surface area contributed by atoms with E-state index in [1.807, 2.05) is 12.1 Å². The van der Waals surface area contributed by atoms with Gasteiger partial charge in [-0.15, -0.1) is 11.3 Å². The van der Waals surface area contributed by atoms with Crippen molar-refractivity contribution in [1.29, 1.82) is 0 Å². The van der Waals surface area contributed by atoms with Gasteiger partial charge in [-0.05, 0) is 40.9 Å². The predicted molar refractivity (Wildman–Crippen MR) is 63.2 cm³/mol. The van der Waals surface area contributed by atoms with Crippen LogP contribution in [0, 0.1) is 0 Å². The van der Waals surface area contributed by atoms with E-state index in [-0.39, 0.29) is 12.0 Å². The lowest BCUT2D eigenvalue weighted by atomic mass is 10.1. The van der Waals surface area contributed by atoms with Crippen LogP contribution in [0.1, 0.15) is 22.5 Å². The Labute approximate surface area is 101 Å². The molecule has 1 unspecified atom stereocenters. The van der Waals surface area contributed by atoms with Crippen LogP contribution in [0.2, 0.25) is 0 Å². The molecule has 82 valence electrons. The topological polar surface area (TPSA) is 40.5 Å². The van der Waals surface area contributed by atoms with Crippen molar-refractivity contribution in [2.45, 2.75) is 18.9 Å². The summed E-state index contributed by atoms with van der Waals surface area (Å²) in [5.74, 6) is 0.0319. The number of halogens is 1. The average molecular weight is 290 g/mol. The molecule has 3 nitrogen and oxygen atoms in total. The maximum absolute atomic E-state index is 12.0. The Bertz CT molecular complexity index is 366. The van der Waals surface area contributed by atoms with Crippen LogP contribution in [0.25, 0.3) is 0 Å². The van der Waals surface area contributed by atoms with Gasteiger partial charge in [0, 0.05) is 13.1 Å². The molecule has 0 aliphatic carbocycles. The van der Waals surface area contributed by atoms with Crippen LogP contribution in [0.5, 0.6) is 0 Å². The molecule has 1 aliphatic rings. The van der Waals surface area contributed by atoms with Gasteiger partial charge in [-0.25, -0.2) is 0 Å². The highest BCUT2D eigenvalue weighted by Gasteiger charge is 2.23.